The van der Waals surface area contributed by atoms with E-state index in [1.54, 1.807) is 0 Å². The largest absolute Gasteiger partial charge is 0.355 e. The molecule has 0 aliphatic carbocycles. The normalized spacial score (nSPS) is 10.7. The van der Waals surface area contributed by atoms with Crippen LogP contribution in [0.25, 0.3) is 0 Å². The molecule has 2 aromatic rings. The predicted molar refractivity (Wildman–Crippen MR) is 103 cm³/mol. The van der Waals surface area contributed by atoms with Crippen LogP contribution >= 0.6 is 0 Å². The van der Waals surface area contributed by atoms with Crippen molar-refractivity contribution in [3.8, 4) is 0 Å². The first-order chi connectivity index (χ1) is 11.3. The number of aryl methyl sites for hydroxylation is 1. The van der Waals surface area contributed by atoms with E-state index in [0.717, 1.165) is 0 Å². The summed E-state index contributed by atoms with van der Waals surface area (Å²) >= 11 is 0. The van der Waals surface area contributed by atoms with Crippen molar-refractivity contribution in [3.63, 3.8) is 0 Å². The Morgan fingerprint density at radius 3 is 2.09 bits per heavy atom. The van der Waals surface area contributed by atoms with Gasteiger partial charge in [0.05, 0.1) is 0 Å². The second kappa shape index (κ2) is 10.1. The molecule has 0 spiro atoms. The first-order valence-corrected chi connectivity index (χ1v) is 9.28. The van der Waals surface area contributed by atoms with Gasteiger partial charge in [0.2, 0.25) is 0 Å². The molecule has 1 heteroatoms. The molecule has 0 aromatic heterocycles. The van der Waals surface area contributed by atoms with Gasteiger partial charge in [0, 0.05) is 11.4 Å². The average molecular weight is 309 g/mol. The van der Waals surface area contributed by atoms with Crippen LogP contribution in [0.2, 0.25) is 0 Å². The molecule has 0 saturated carbocycles. The zero-order valence-corrected chi connectivity index (χ0v) is 14.8. The summed E-state index contributed by atoms with van der Waals surface area (Å²) < 4.78 is 0. The van der Waals surface area contributed by atoms with E-state index in [0.29, 0.717) is 0 Å². The van der Waals surface area contributed by atoms with Crippen molar-refractivity contribution in [2.75, 3.05) is 5.32 Å². The van der Waals surface area contributed by atoms with Gasteiger partial charge in [-0.3, -0.25) is 0 Å². The van der Waals surface area contributed by atoms with Crippen LogP contribution in [0.3, 0.4) is 0 Å². The van der Waals surface area contributed by atoms with E-state index < -0.39 is 0 Å². The highest BCUT2D eigenvalue weighted by molar-refractivity contribution is 5.64. The van der Waals surface area contributed by atoms with Gasteiger partial charge >= 0.3 is 0 Å². The van der Waals surface area contributed by atoms with Gasteiger partial charge in [-0.15, -0.1) is 0 Å². The monoisotopic (exact) mass is 309 g/mol. The standard InChI is InChI=1S/C22H31N/c1-3-5-8-13-19-14-12-18-22(21(19)17-9-6-4-2)23-20-15-10-7-11-16-20/h7,10-12,14-16,18,23H,3-6,8-9,13,17H2,1-2H3. The van der Waals surface area contributed by atoms with Gasteiger partial charge in [0.25, 0.3) is 0 Å². The summed E-state index contributed by atoms with van der Waals surface area (Å²) in [4.78, 5) is 0. The maximum Gasteiger partial charge on any atom is 0.0419 e. The van der Waals surface area contributed by atoms with Gasteiger partial charge in [0.1, 0.15) is 0 Å². The lowest BCUT2D eigenvalue weighted by Gasteiger charge is -2.17. The summed E-state index contributed by atoms with van der Waals surface area (Å²) in [7, 11) is 0. The number of hydrogen-bond donors (Lipinski definition) is 1. The fraction of sp³-hybridized carbons (Fsp3) is 0.455. The molecule has 0 heterocycles. The van der Waals surface area contributed by atoms with E-state index >= 15 is 0 Å². The zero-order valence-electron chi connectivity index (χ0n) is 14.8. The molecule has 1 N–H and O–H groups in total. The first-order valence-electron chi connectivity index (χ1n) is 9.28. The number of benzene rings is 2. The molecule has 0 bridgehead atoms. The molecular weight excluding hydrogens is 278 g/mol. The van der Waals surface area contributed by atoms with E-state index in [1.807, 2.05) is 0 Å². The van der Waals surface area contributed by atoms with Crippen LogP contribution in [0.4, 0.5) is 11.4 Å². The highest BCUT2D eigenvalue weighted by atomic mass is 14.9. The molecule has 1 nitrogen and oxygen atoms in total. The molecule has 0 atom stereocenters. The number of hydrogen-bond acceptors (Lipinski definition) is 1. The van der Waals surface area contributed by atoms with Crippen molar-refractivity contribution in [3.05, 3.63) is 59.7 Å². The molecular formula is C22H31N. The number of unbranched alkanes of at least 4 members (excludes halogenated alkanes) is 4. The van der Waals surface area contributed by atoms with Crippen molar-refractivity contribution in [1.29, 1.82) is 0 Å². The highest BCUT2D eigenvalue weighted by Crippen LogP contribution is 2.27. The lowest BCUT2D eigenvalue weighted by molar-refractivity contribution is 0.694. The third-order valence-corrected chi connectivity index (χ3v) is 4.41. The number of anilines is 2. The van der Waals surface area contributed by atoms with E-state index in [4.69, 9.17) is 0 Å². The fourth-order valence-corrected chi connectivity index (χ4v) is 3.08. The van der Waals surface area contributed by atoms with Gasteiger partial charge in [-0.05, 0) is 55.0 Å². The molecule has 0 saturated heterocycles. The van der Waals surface area contributed by atoms with E-state index in [-0.39, 0.29) is 0 Å². The van der Waals surface area contributed by atoms with Crippen LogP contribution in [0.5, 0.6) is 0 Å². The smallest absolute Gasteiger partial charge is 0.0419 e. The van der Waals surface area contributed by atoms with Gasteiger partial charge in [-0.2, -0.15) is 0 Å². The number of rotatable bonds is 10. The van der Waals surface area contributed by atoms with Crippen LogP contribution in [0.1, 0.15) is 63.5 Å². The molecule has 0 aliphatic heterocycles. The summed E-state index contributed by atoms with van der Waals surface area (Å²) in [6.45, 7) is 4.55. The molecule has 2 rings (SSSR count). The van der Waals surface area contributed by atoms with Crippen LogP contribution in [-0.2, 0) is 12.8 Å². The van der Waals surface area contributed by atoms with Crippen LogP contribution in [-0.4, -0.2) is 0 Å². The zero-order chi connectivity index (χ0) is 16.3. The lowest BCUT2D eigenvalue weighted by Crippen LogP contribution is -2.02. The quantitative estimate of drug-likeness (QED) is 0.471. The Balaban J connectivity index is 2.18. The van der Waals surface area contributed by atoms with Gasteiger partial charge in [-0.25, -0.2) is 0 Å². The molecule has 2 aromatic carbocycles. The number of para-hydroxylation sites is 1. The van der Waals surface area contributed by atoms with Crippen LogP contribution in [0, 0.1) is 0 Å². The van der Waals surface area contributed by atoms with Gasteiger partial charge < -0.3 is 5.32 Å². The average Bonchev–Trinajstić information content (AvgIpc) is 2.58. The topological polar surface area (TPSA) is 12.0 Å². The van der Waals surface area contributed by atoms with Crippen molar-refractivity contribution >= 4 is 11.4 Å². The minimum absolute atomic E-state index is 1.18. The third kappa shape index (κ3) is 5.74. The van der Waals surface area contributed by atoms with E-state index in [9.17, 15) is 0 Å². The molecule has 0 unspecified atom stereocenters. The minimum atomic E-state index is 1.18. The predicted octanol–water partition coefficient (Wildman–Crippen LogP) is 6.90. The van der Waals surface area contributed by atoms with Gasteiger partial charge in [-0.1, -0.05) is 69.9 Å². The van der Waals surface area contributed by atoms with Gasteiger partial charge in [0.15, 0.2) is 0 Å². The Bertz CT molecular complexity index is 559. The van der Waals surface area contributed by atoms with Crippen molar-refractivity contribution in [2.45, 2.75) is 65.2 Å². The third-order valence-electron chi connectivity index (χ3n) is 4.41. The molecule has 0 aliphatic rings. The van der Waals surface area contributed by atoms with Crippen LogP contribution < -0.4 is 5.32 Å². The Hall–Kier alpha value is -1.76. The summed E-state index contributed by atoms with van der Waals surface area (Å²) in [5, 5.41) is 3.63. The molecule has 23 heavy (non-hydrogen) atoms. The summed E-state index contributed by atoms with van der Waals surface area (Å²) in [6, 6.07) is 17.3. The van der Waals surface area contributed by atoms with Crippen molar-refractivity contribution < 1.29 is 0 Å². The van der Waals surface area contributed by atoms with E-state index in [1.165, 1.54) is 73.9 Å². The Labute approximate surface area is 142 Å². The van der Waals surface area contributed by atoms with Crippen molar-refractivity contribution in [1.82, 2.24) is 0 Å². The maximum atomic E-state index is 3.63. The Morgan fingerprint density at radius 2 is 1.39 bits per heavy atom. The number of nitrogens with one attached hydrogen (secondary N) is 1. The molecule has 0 radical (unpaired) electrons. The second-order valence-corrected chi connectivity index (χ2v) is 6.35. The summed E-state index contributed by atoms with van der Waals surface area (Å²) in [5.41, 5.74) is 5.53. The fourth-order valence-electron chi connectivity index (χ4n) is 3.08. The SMILES string of the molecule is CCCCCc1cccc(Nc2ccccc2)c1CCCCC. The maximum absolute atomic E-state index is 3.63. The summed E-state index contributed by atoms with van der Waals surface area (Å²) in [6.07, 6.45) is 10.2. The van der Waals surface area contributed by atoms with E-state index in [2.05, 4.69) is 67.7 Å². The van der Waals surface area contributed by atoms with Crippen molar-refractivity contribution in [2.24, 2.45) is 0 Å². The Kier molecular flexibility index (Phi) is 7.72. The first kappa shape index (κ1) is 17.6. The molecule has 124 valence electrons. The molecule has 0 amide bonds. The summed E-state index contributed by atoms with van der Waals surface area (Å²) in [5.74, 6) is 0. The highest BCUT2D eigenvalue weighted by Gasteiger charge is 2.08. The van der Waals surface area contributed by atoms with Crippen LogP contribution in [0.15, 0.2) is 48.5 Å². The Morgan fingerprint density at radius 1 is 0.696 bits per heavy atom. The lowest BCUT2D eigenvalue weighted by atomic mass is 9.95. The molecule has 0 fully saturated rings. The minimum Gasteiger partial charge on any atom is -0.355 e. The second-order valence-electron chi connectivity index (χ2n) is 6.35.